The molecule has 0 saturated carbocycles. The molecule has 0 radical (unpaired) electrons. The molecule has 0 spiro atoms. The van der Waals surface area contributed by atoms with Crippen molar-refractivity contribution in [2.24, 2.45) is 11.8 Å². The predicted octanol–water partition coefficient (Wildman–Crippen LogP) is 1.55. The summed E-state index contributed by atoms with van der Waals surface area (Å²) >= 11 is 0. The van der Waals surface area contributed by atoms with Crippen LogP contribution in [0.25, 0.3) is 0 Å². The highest BCUT2D eigenvalue weighted by Crippen LogP contribution is 2.38. The maximum Gasteiger partial charge on any atom is 0.226 e. The molecule has 3 aliphatic heterocycles. The minimum atomic E-state index is -3.13. The van der Waals surface area contributed by atoms with E-state index >= 15 is 0 Å². The molecule has 3 saturated heterocycles. The lowest BCUT2D eigenvalue weighted by Gasteiger charge is -2.34. The van der Waals surface area contributed by atoms with Gasteiger partial charge in [0.1, 0.15) is 5.75 Å². The number of benzene rings is 1. The van der Waals surface area contributed by atoms with E-state index in [0.717, 1.165) is 37.2 Å². The number of likely N-dealkylation sites (tertiary alicyclic amines) is 2. The van der Waals surface area contributed by atoms with Gasteiger partial charge in [-0.1, -0.05) is 12.1 Å². The second kappa shape index (κ2) is 7.43. The third-order valence-corrected chi connectivity index (χ3v) is 8.58. The van der Waals surface area contributed by atoms with Crippen molar-refractivity contribution in [1.82, 2.24) is 9.80 Å². The molecule has 3 fully saturated rings. The zero-order valence-corrected chi connectivity index (χ0v) is 16.7. The first kappa shape index (κ1) is 18.7. The van der Waals surface area contributed by atoms with E-state index in [1.54, 1.807) is 7.11 Å². The fourth-order valence-corrected chi connectivity index (χ4v) is 7.07. The molecule has 3 heterocycles. The highest BCUT2D eigenvalue weighted by molar-refractivity contribution is 7.92. The molecule has 27 heavy (non-hydrogen) atoms. The van der Waals surface area contributed by atoms with Gasteiger partial charge in [-0.25, -0.2) is 8.42 Å². The molecule has 0 N–H and O–H groups in total. The Morgan fingerprint density at radius 2 is 2.00 bits per heavy atom. The van der Waals surface area contributed by atoms with Crippen molar-refractivity contribution in [3.8, 4) is 5.75 Å². The van der Waals surface area contributed by atoms with Crippen LogP contribution in [0.1, 0.15) is 24.8 Å². The standard InChI is InChI=1S/C20H28N2O4S/c1-26-16-6-4-5-15(11-16)12-21-13-18-17(20(23)22-8-2-3-9-22)7-10-27(24,25)19(18)14-21/h4-6,11,17-19H,2-3,7-10,12-14H2,1H3/t17-,18+,19+/m0/s1. The zero-order valence-electron chi connectivity index (χ0n) is 15.8. The van der Waals surface area contributed by atoms with E-state index in [1.165, 1.54) is 0 Å². The number of amides is 1. The predicted molar refractivity (Wildman–Crippen MR) is 103 cm³/mol. The van der Waals surface area contributed by atoms with Gasteiger partial charge in [0.15, 0.2) is 9.84 Å². The number of hydrogen-bond acceptors (Lipinski definition) is 5. The van der Waals surface area contributed by atoms with E-state index in [1.807, 2.05) is 29.2 Å². The Hall–Kier alpha value is -1.60. The molecule has 1 amide bonds. The minimum absolute atomic E-state index is 0.0811. The maximum atomic E-state index is 13.0. The van der Waals surface area contributed by atoms with Crippen LogP contribution in [-0.4, -0.2) is 68.4 Å². The Kier molecular flexibility index (Phi) is 5.16. The number of nitrogens with zero attached hydrogens (tertiary/aromatic N) is 2. The van der Waals surface area contributed by atoms with Crippen LogP contribution < -0.4 is 4.74 Å². The number of carbonyl (C=O) groups excluding carboxylic acids is 1. The number of methoxy groups -OCH3 is 1. The highest BCUT2D eigenvalue weighted by atomic mass is 32.2. The molecular weight excluding hydrogens is 364 g/mol. The average Bonchev–Trinajstić information content (AvgIpc) is 3.32. The molecule has 148 valence electrons. The summed E-state index contributed by atoms with van der Waals surface area (Å²) in [6.45, 7) is 3.53. The van der Waals surface area contributed by atoms with Crippen molar-refractivity contribution < 1.29 is 17.9 Å². The Morgan fingerprint density at radius 3 is 2.74 bits per heavy atom. The van der Waals surface area contributed by atoms with Gasteiger partial charge in [-0.05, 0) is 37.0 Å². The summed E-state index contributed by atoms with van der Waals surface area (Å²) in [6, 6.07) is 7.88. The monoisotopic (exact) mass is 392 g/mol. The first-order valence-corrected chi connectivity index (χ1v) is 11.5. The van der Waals surface area contributed by atoms with Crippen LogP contribution in [0.15, 0.2) is 24.3 Å². The summed E-state index contributed by atoms with van der Waals surface area (Å²) in [5, 5.41) is -0.409. The van der Waals surface area contributed by atoms with Gasteiger partial charge in [-0.15, -0.1) is 0 Å². The van der Waals surface area contributed by atoms with Crippen LogP contribution in [0.5, 0.6) is 5.75 Å². The van der Waals surface area contributed by atoms with Gasteiger partial charge in [0, 0.05) is 44.6 Å². The Balaban J connectivity index is 1.51. The van der Waals surface area contributed by atoms with Crippen molar-refractivity contribution in [3.63, 3.8) is 0 Å². The van der Waals surface area contributed by atoms with Crippen LogP contribution >= 0.6 is 0 Å². The Labute approximate surface area is 161 Å². The molecule has 0 aromatic heterocycles. The summed E-state index contributed by atoms with van der Waals surface area (Å²) in [6.07, 6.45) is 2.60. The van der Waals surface area contributed by atoms with E-state index in [9.17, 15) is 13.2 Å². The lowest BCUT2D eigenvalue weighted by Crippen LogP contribution is -2.47. The Bertz CT molecular complexity index is 804. The fourth-order valence-electron chi connectivity index (χ4n) is 4.94. The van der Waals surface area contributed by atoms with Crippen LogP contribution in [-0.2, 0) is 21.2 Å². The topological polar surface area (TPSA) is 66.9 Å². The highest BCUT2D eigenvalue weighted by Gasteiger charge is 2.51. The van der Waals surface area contributed by atoms with Gasteiger partial charge >= 0.3 is 0 Å². The molecule has 7 heteroatoms. The first-order chi connectivity index (χ1) is 13.0. The molecule has 0 bridgehead atoms. The molecule has 4 rings (SSSR count). The number of sulfone groups is 1. The van der Waals surface area contributed by atoms with Crippen LogP contribution in [0.3, 0.4) is 0 Å². The SMILES string of the molecule is COc1cccc(CN2C[C@@H]3[C@@H](C(=O)N4CCCC4)CCS(=O)(=O)[C@@H]3C2)c1. The van der Waals surface area contributed by atoms with Crippen LogP contribution in [0.4, 0.5) is 0 Å². The molecule has 0 unspecified atom stereocenters. The van der Waals surface area contributed by atoms with Crippen molar-refractivity contribution in [2.45, 2.75) is 31.1 Å². The van der Waals surface area contributed by atoms with E-state index in [0.29, 0.717) is 26.1 Å². The van der Waals surface area contributed by atoms with E-state index < -0.39 is 15.1 Å². The minimum Gasteiger partial charge on any atom is -0.497 e. The number of fused-ring (bicyclic) bond motifs is 1. The summed E-state index contributed by atoms with van der Waals surface area (Å²) in [5.74, 6) is 0.902. The van der Waals surface area contributed by atoms with E-state index in [2.05, 4.69) is 4.90 Å². The van der Waals surface area contributed by atoms with Crippen molar-refractivity contribution in [3.05, 3.63) is 29.8 Å². The third kappa shape index (κ3) is 3.72. The van der Waals surface area contributed by atoms with Crippen molar-refractivity contribution in [2.75, 3.05) is 39.0 Å². The van der Waals surface area contributed by atoms with Crippen LogP contribution in [0.2, 0.25) is 0 Å². The number of ether oxygens (including phenoxy) is 1. The second-order valence-electron chi connectivity index (χ2n) is 8.04. The van der Waals surface area contributed by atoms with Gasteiger partial charge in [0.25, 0.3) is 0 Å². The van der Waals surface area contributed by atoms with Crippen LogP contribution in [0, 0.1) is 11.8 Å². The summed E-state index contributed by atoms with van der Waals surface area (Å²) in [5.41, 5.74) is 1.10. The van der Waals surface area contributed by atoms with Gasteiger partial charge in [0.2, 0.25) is 5.91 Å². The molecule has 0 aliphatic carbocycles. The number of hydrogen-bond donors (Lipinski definition) is 0. The molecular formula is C20H28N2O4S. The van der Waals surface area contributed by atoms with Gasteiger partial charge in [-0.2, -0.15) is 0 Å². The molecule has 6 nitrogen and oxygen atoms in total. The van der Waals surface area contributed by atoms with Crippen molar-refractivity contribution in [1.29, 1.82) is 0 Å². The quantitative estimate of drug-likeness (QED) is 0.778. The van der Waals surface area contributed by atoms with Crippen molar-refractivity contribution >= 4 is 15.7 Å². The largest absolute Gasteiger partial charge is 0.497 e. The lowest BCUT2D eigenvalue weighted by atomic mass is 9.87. The zero-order chi connectivity index (χ0) is 19.0. The fraction of sp³-hybridized carbons (Fsp3) is 0.650. The molecule has 3 atom stereocenters. The van der Waals surface area contributed by atoms with Gasteiger partial charge in [-0.3, -0.25) is 9.69 Å². The normalized spacial score (nSPS) is 30.3. The summed E-state index contributed by atoms with van der Waals surface area (Å²) < 4.78 is 30.6. The van der Waals surface area contributed by atoms with E-state index in [-0.39, 0.29) is 23.5 Å². The van der Waals surface area contributed by atoms with E-state index in [4.69, 9.17) is 4.74 Å². The molecule has 1 aromatic rings. The van der Waals surface area contributed by atoms with Gasteiger partial charge in [0.05, 0.1) is 18.1 Å². The average molecular weight is 393 g/mol. The molecule has 3 aliphatic rings. The summed E-state index contributed by atoms with van der Waals surface area (Å²) in [7, 11) is -1.48. The number of rotatable bonds is 4. The smallest absolute Gasteiger partial charge is 0.226 e. The second-order valence-corrected chi connectivity index (χ2v) is 10.4. The van der Waals surface area contributed by atoms with Gasteiger partial charge < -0.3 is 9.64 Å². The maximum absolute atomic E-state index is 13.0. The molecule has 1 aromatic carbocycles. The first-order valence-electron chi connectivity index (χ1n) is 9.83. The lowest BCUT2D eigenvalue weighted by molar-refractivity contribution is -0.136. The number of carbonyl (C=O) groups is 1. The Morgan fingerprint density at radius 1 is 1.22 bits per heavy atom. The third-order valence-electron chi connectivity index (χ3n) is 6.35. The summed E-state index contributed by atoms with van der Waals surface area (Å²) in [4.78, 5) is 17.1.